The maximum absolute atomic E-state index is 10.4. The molecule has 1 aliphatic rings. The van der Waals surface area contributed by atoms with Crippen LogP contribution in [0.3, 0.4) is 0 Å². The molecule has 0 aliphatic heterocycles. The Kier molecular flexibility index (Phi) is 5.40. The van der Waals surface area contributed by atoms with Crippen molar-refractivity contribution in [3.63, 3.8) is 0 Å². The number of rotatable bonds is 6. The van der Waals surface area contributed by atoms with Crippen molar-refractivity contribution < 1.29 is 14.9 Å². The smallest absolute Gasteiger partial charge is 0.119 e. The SMILES string of the molecule is NCC[C@@H](O)c1cccc(OCC2(O)CCCCC2)c1. The molecule has 0 unspecified atom stereocenters. The first kappa shape index (κ1) is 15.3. The third-order valence-electron chi connectivity index (χ3n) is 3.97. The van der Waals surface area contributed by atoms with E-state index >= 15 is 0 Å². The summed E-state index contributed by atoms with van der Waals surface area (Å²) >= 11 is 0. The van der Waals surface area contributed by atoms with E-state index in [-0.39, 0.29) is 0 Å². The molecule has 20 heavy (non-hydrogen) atoms. The lowest BCUT2D eigenvalue weighted by Gasteiger charge is -2.31. The van der Waals surface area contributed by atoms with E-state index < -0.39 is 11.7 Å². The summed E-state index contributed by atoms with van der Waals surface area (Å²) in [7, 11) is 0. The highest BCUT2D eigenvalue weighted by Crippen LogP contribution is 2.29. The van der Waals surface area contributed by atoms with E-state index in [9.17, 15) is 10.2 Å². The summed E-state index contributed by atoms with van der Waals surface area (Å²) in [6.45, 7) is 0.773. The van der Waals surface area contributed by atoms with E-state index in [1.54, 1.807) is 0 Å². The summed E-state index contributed by atoms with van der Waals surface area (Å²) in [5.74, 6) is 0.692. The maximum Gasteiger partial charge on any atom is 0.119 e. The van der Waals surface area contributed by atoms with E-state index in [1.807, 2.05) is 24.3 Å². The topological polar surface area (TPSA) is 75.7 Å². The predicted octanol–water partition coefficient (Wildman–Crippen LogP) is 2.14. The van der Waals surface area contributed by atoms with Crippen molar-refractivity contribution in [2.45, 2.75) is 50.2 Å². The Morgan fingerprint density at radius 1 is 1.25 bits per heavy atom. The number of aliphatic hydroxyl groups is 2. The van der Waals surface area contributed by atoms with Gasteiger partial charge in [0, 0.05) is 0 Å². The van der Waals surface area contributed by atoms with Gasteiger partial charge in [0.25, 0.3) is 0 Å². The zero-order valence-corrected chi connectivity index (χ0v) is 11.9. The fraction of sp³-hybridized carbons (Fsp3) is 0.625. The monoisotopic (exact) mass is 279 g/mol. The second kappa shape index (κ2) is 7.07. The Labute approximate surface area is 120 Å². The van der Waals surface area contributed by atoms with Gasteiger partial charge in [0.05, 0.1) is 11.7 Å². The van der Waals surface area contributed by atoms with Gasteiger partial charge in [-0.25, -0.2) is 0 Å². The van der Waals surface area contributed by atoms with Gasteiger partial charge in [-0.1, -0.05) is 31.4 Å². The van der Waals surface area contributed by atoms with Gasteiger partial charge in [-0.15, -0.1) is 0 Å². The first-order chi connectivity index (χ1) is 9.63. The van der Waals surface area contributed by atoms with Crippen molar-refractivity contribution in [3.05, 3.63) is 29.8 Å². The van der Waals surface area contributed by atoms with Gasteiger partial charge in [-0.2, -0.15) is 0 Å². The second-order valence-corrected chi connectivity index (χ2v) is 5.74. The van der Waals surface area contributed by atoms with Crippen LogP contribution >= 0.6 is 0 Å². The molecule has 0 amide bonds. The Hall–Kier alpha value is -1.10. The highest BCUT2D eigenvalue weighted by atomic mass is 16.5. The molecule has 1 saturated carbocycles. The molecule has 0 bridgehead atoms. The summed E-state index contributed by atoms with van der Waals surface area (Å²) in [6, 6.07) is 7.40. The maximum atomic E-state index is 10.4. The number of benzene rings is 1. The van der Waals surface area contributed by atoms with Gasteiger partial charge < -0.3 is 20.7 Å². The molecule has 112 valence electrons. The van der Waals surface area contributed by atoms with Crippen LogP contribution in [0.15, 0.2) is 24.3 Å². The van der Waals surface area contributed by atoms with E-state index in [1.165, 1.54) is 6.42 Å². The Bertz CT molecular complexity index is 416. The van der Waals surface area contributed by atoms with Crippen molar-refractivity contribution in [1.29, 1.82) is 0 Å². The van der Waals surface area contributed by atoms with Crippen LogP contribution in [0.2, 0.25) is 0 Å². The molecule has 0 heterocycles. The van der Waals surface area contributed by atoms with Gasteiger partial charge in [0.1, 0.15) is 12.4 Å². The van der Waals surface area contributed by atoms with Crippen molar-refractivity contribution in [2.75, 3.05) is 13.2 Å². The van der Waals surface area contributed by atoms with Crippen molar-refractivity contribution in [1.82, 2.24) is 0 Å². The largest absolute Gasteiger partial charge is 0.491 e. The fourth-order valence-electron chi connectivity index (χ4n) is 2.71. The molecule has 1 aromatic carbocycles. The third kappa shape index (κ3) is 4.20. The molecular weight excluding hydrogens is 254 g/mol. The summed E-state index contributed by atoms with van der Waals surface area (Å²) < 4.78 is 5.73. The van der Waals surface area contributed by atoms with E-state index in [4.69, 9.17) is 10.5 Å². The van der Waals surface area contributed by atoms with Crippen LogP contribution in [0.5, 0.6) is 5.75 Å². The van der Waals surface area contributed by atoms with E-state index in [2.05, 4.69) is 0 Å². The Morgan fingerprint density at radius 3 is 2.70 bits per heavy atom. The number of hydrogen-bond acceptors (Lipinski definition) is 4. The number of aliphatic hydroxyl groups excluding tert-OH is 1. The van der Waals surface area contributed by atoms with Crippen LogP contribution in [0, 0.1) is 0 Å². The van der Waals surface area contributed by atoms with Crippen LogP contribution in [-0.4, -0.2) is 29.0 Å². The minimum atomic E-state index is -0.690. The van der Waals surface area contributed by atoms with E-state index in [0.717, 1.165) is 31.2 Å². The summed E-state index contributed by atoms with van der Waals surface area (Å²) in [5.41, 5.74) is 5.57. The van der Waals surface area contributed by atoms with Crippen LogP contribution < -0.4 is 10.5 Å². The first-order valence-electron chi connectivity index (χ1n) is 7.46. The standard InChI is InChI=1S/C16H25NO3/c17-10-7-15(18)13-5-4-6-14(11-13)20-12-16(19)8-2-1-3-9-16/h4-6,11,15,18-19H,1-3,7-10,12,17H2/t15-/m1/s1. The molecule has 0 aromatic heterocycles. The molecular formula is C16H25NO3. The molecule has 1 aliphatic carbocycles. The predicted molar refractivity (Wildman–Crippen MR) is 78.6 cm³/mol. The first-order valence-corrected chi connectivity index (χ1v) is 7.46. The molecule has 1 fully saturated rings. The molecule has 0 saturated heterocycles. The second-order valence-electron chi connectivity index (χ2n) is 5.74. The quantitative estimate of drug-likeness (QED) is 0.745. The number of hydrogen-bond donors (Lipinski definition) is 3. The van der Waals surface area contributed by atoms with E-state index in [0.29, 0.717) is 25.3 Å². The minimum Gasteiger partial charge on any atom is -0.491 e. The summed E-state index contributed by atoms with van der Waals surface area (Å²) in [5, 5.41) is 20.3. The van der Waals surface area contributed by atoms with Crippen LogP contribution in [0.1, 0.15) is 50.2 Å². The van der Waals surface area contributed by atoms with Gasteiger partial charge in [0.2, 0.25) is 0 Å². The zero-order valence-electron chi connectivity index (χ0n) is 11.9. The normalized spacial score (nSPS) is 19.6. The Balaban J connectivity index is 1.94. The fourth-order valence-corrected chi connectivity index (χ4v) is 2.71. The van der Waals surface area contributed by atoms with Crippen LogP contribution in [0.4, 0.5) is 0 Å². The van der Waals surface area contributed by atoms with Crippen molar-refractivity contribution in [2.24, 2.45) is 5.73 Å². The highest BCUT2D eigenvalue weighted by Gasteiger charge is 2.29. The Morgan fingerprint density at radius 2 is 2.00 bits per heavy atom. The third-order valence-corrected chi connectivity index (χ3v) is 3.97. The summed E-state index contributed by atoms with van der Waals surface area (Å²) in [4.78, 5) is 0. The lowest BCUT2D eigenvalue weighted by Crippen LogP contribution is -2.37. The molecule has 4 nitrogen and oxygen atoms in total. The molecule has 4 heteroatoms. The van der Waals surface area contributed by atoms with Gasteiger partial charge >= 0.3 is 0 Å². The van der Waals surface area contributed by atoms with Gasteiger partial charge in [-0.3, -0.25) is 0 Å². The number of nitrogens with two attached hydrogens (primary N) is 1. The summed E-state index contributed by atoms with van der Waals surface area (Å²) in [6.07, 6.45) is 4.92. The molecule has 1 aromatic rings. The van der Waals surface area contributed by atoms with Crippen molar-refractivity contribution in [3.8, 4) is 5.75 Å². The van der Waals surface area contributed by atoms with Crippen molar-refractivity contribution >= 4 is 0 Å². The molecule has 0 radical (unpaired) electrons. The zero-order chi connectivity index (χ0) is 14.4. The average molecular weight is 279 g/mol. The molecule has 4 N–H and O–H groups in total. The van der Waals surface area contributed by atoms with Gasteiger partial charge in [-0.05, 0) is 43.5 Å². The van der Waals surface area contributed by atoms with Crippen LogP contribution in [0.25, 0.3) is 0 Å². The number of ether oxygens (including phenoxy) is 1. The average Bonchev–Trinajstić information content (AvgIpc) is 2.47. The minimum absolute atomic E-state index is 0.323. The lowest BCUT2D eigenvalue weighted by molar-refractivity contribution is -0.0339. The van der Waals surface area contributed by atoms with Gasteiger partial charge in [0.15, 0.2) is 0 Å². The molecule has 1 atom stereocenters. The lowest BCUT2D eigenvalue weighted by atomic mass is 9.85. The molecule has 0 spiro atoms. The molecule has 2 rings (SSSR count). The van der Waals surface area contributed by atoms with Crippen LogP contribution in [-0.2, 0) is 0 Å². The highest BCUT2D eigenvalue weighted by molar-refractivity contribution is 5.30.